The molecular weight excluding hydrogens is 242 g/mol. The fraction of sp³-hybridized carbons (Fsp3) is 0.500. The van der Waals surface area contributed by atoms with Crippen LogP contribution in [-0.2, 0) is 5.41 Å². The van der Waals surface area contributed by atoms with Gasteiger partial charge in [0.1, 0.15) is 0 Å². The first-order chi connectivity index (χ1) is 8.41. The predicted octanol–water partition coefficient (Wildman–Crippen LogP) is 4.32. The van der Waals surface area contributed by atoms with Gasteiger partial charge in [-0.2, -0.15) is 0 Å². The Morgan fingerprint density at radius 1 is 1.22 bits per heavy atom. The van der Waals surface area contributed by atoms with Gasteiger partial charge in [-0.15, -0.1) is 0 Å². The van der Waals surface area contributed by atoms with Crippen molar-refractivity contribution in [2.75, 3.05) is 6.54 Å². The number of hydrogen-bond donors (Lipinski definition) is 1. The molecule has 1 N–H and O–H groups in total. The molecular formula is C16H22ClN. The van der Waals surface area contributed by atoms with E-state index in [1.54, 1.807) is 0 Å². The fourth-order valence-corrected chi connectivity index (χ4v) is 2.63. The topological polar surface area (TPSA) is 12.0 Å². The summed E-state index contributed by atoms with van der Waals surface area (Å²) < 4.78 is 0. The van der Waals surface area contributed by atoms with Crippen LogP contribution in [0.5, 0.6) is 0 Å². The Kier molecular flexibility index (Phi) is 3.84. The minimum absolute atomic E-state index is 0.147. The number of rotatable bonds is 3. The first kappa shape index (κ1) is 13.6. The van der Waals surface area contributed by atoms with Gasteiger partial charge in [-0.1, -0.05) is 35.9 Å². The van der Waals surface area contributed by atoms with Crippen molar-refractivity contribution < 1.29 is 0 Å². The molecule has 0 aromatic heterocycles. The van der Waals surface area contributed by atoms with E-state index in [1.165, 1.54) is 5.56 Å². The molecule has 18 heavy (non-hydrogen) atoms. The second kappa shape index (κ2) is 5.07. The van der Waals surface area contributed by atoms with E-state index in [0.717, 1.165) is 24.4 Å². The summed E-state index contributed by atoms with van der Waals surface area (Å²) in [5.41, 5.74) is 1.67. The fourth-order valence-electron chi connectivity index (χ4n) is 2.44. The molecule has 0 saturated carbocycles. The molecule has 0 unspecified atom stereocenters. The van der Waals surface area contributed by atoms with Gasteiger partial charge in [-0.25, -0.2) is 0 Å². The largest absolute Gasteiger partial charge is 0.311 e. The number of halogens is 1. The standard InChI is InChI=1S/C16H22ClN/c1-15(2,3)18-12-16(9-4-5-10-16)13-7-6-8-14(17)11-13/h4-8,11,18H,9-10,12H2,1-3H3. The molecule has 0 saturated heterocycles. The SMILES string of the molecule is CC(C)(C)NCC1(c2cccc(Cl)c2)CC=CC1. The van der Waals surface area contributed by atoms with Gasteiger partial charge in [0.05, 0.1) is 0 Å². The molecule has 0 fully saturated rings. The van der Waals surface area contributed by atoms with Gasteiger partial charge < -0.3 is 5.32 Å². The summed E-state index contributed by atoms with van der Waals surface area (Å²) in [5, 5.41) is 4.47. The van der Waals surface area contributed by atoms with Gasteiger partial charge in [0.15, 0.2) is 0 Å². The van der Waals surface area contributed by atoms with Crippen LogP contribution in [0.3, 0.4) is 0 Å². The third-order valence-electron chi connectivity index (χ3n) is 3.58. The van der Waals surface area contributed by atoms with E-state index in [0.29, 0.717) is 0 Å². The van der Waals surface area contributed by atoms with E-state index in [-0.39, 0.29) is 11.0 Å². The van der Waals surface area contributed by atoms with Gasteiger partial charge in [0, 0.05) is 22.5 Å². The minimum atomic E-state index is 0.147. The van der Waals surface area contributed by atoms with Crippen LogP contribution in [0.1, 0.15) is 39.2 Å². The second-order valence-corrected chi connectivity index (χ2v) is 6.71. The van der Waals surface area contributed by atoms with Gasteiger partial charge >= 0.3 is 0 Å². The van der Waals surface area contributed by atoms with Gasteiger partial charge in [-0.3, -0.25) is 0 Å². The summed E-state index contributed by atoms with van der Waals surface area (Å²) in [5.74, 6) is 0. The van der Waals surface area contributed by atoms with Crippen molar-refractivity contribution in [1.29, 1.82) is 0 Å². The van der Waals surface area contributed by atoms with E-state index >= 15 is 0 Å². The van der Waals surface area contributed by atoms with Crippen LogP contribution >= 0.6 is 11.6 Å². The molecule has 1 aromatic carbocycles. The van der Waals surface area contributed by atoms with Crippen molar-refractivity contribution in [3.05, 3.63) is 47.0 Å². The zero-order valence-electron chi connectivity index (χ0n) is 11.5. The number of nitrogens with one attached hydrogen (secondary N) is 1. The number of benzene rings is 1. The van der Waals surface area contributed by atoms with Crippen LogP contribution in [0.25, 0.3) is 0 Å². The Morgan fingerprint density at radius 3 is 2.44 bits per heavy atom. The van der Waals surface area contributed by atoms with E-state index < -0.39 is 0 Å². The zero-order valence-corrected chi connectivity index (χ0v) is 12.2. The molecule has 1 aliphatic rings. The maximum Gasteiger partial charge on any atom is 0.0408 e. The molecule has 2 rings (SSSR count). The normalized spacial score (nSPS) is 18.2. The van der Waals surface area contributed by atoms with Gasteiger partial charge in [0.25, 0.3) is 0 Å². The first-order valence-electron chi connectivity index (χ1n) is 6.57. The quantitative estimate of drug-likeness (QED) is 0.801. The summed E-state index contributed by atoms with van der Waals surface area (Å²) >= 11 is 6.13. The van der Waals surface area contributed by atoms with Gasteiger partial charge in [0.2, 0.25) is 0 Å². The van der Waals surface area contributed by atoms with Crippen molar-refractivity contribution >= 4 is 11.6 Å². The van der Waals surface area contributed by atoms with Crippen LogP contribution < -0.4 is 5.32 Å². The molecule has 0 aliphatic heterocycles. The smallest absolute Gasteiger partial charge is 0.0408 e. The Balaban J connectivity index is 2.22. The van der Waals surface area contributed by atoms with Crippen molar-refractivity contribution in [1.82, 2.24) is 5.32 Å². The molecule has 0 heterocycles. The number of hydrogen-bond acceptors (Lipinski definition) is 1. The number of allylic oxidation sites excluding steroid dienone is 2. The molecule has 98 valence electrons. The molecule has 2 heteroatoms. The monoisotopic (exact) mass is 263 g/mol. The van der Waals surface area contributed by atoms with Crippen molar-refractivity contribution in [3.63, 3.8) is 0 Å². The highest BCUT2D eigenvalue weighted by atomic mass is 35.5. The lowest BCUT2D eigenvalue weighted by molar-refractivity contribution is 0.340. The molecule has 0 amide bonds. The Hall–Kier alpha value is -0.790. The van der Waals surface area contributed by atoms with Crippen LogP contribution in [0.15, 0.2) is 36.4 Å². The van der Waals surface area contributed by atoms with Crippen LogP contribution in [-0.4, -0.2) is 12.1 Å². The summed E-state index contributed by atoms with van der Waals surface area (Å²) in [4.78, 5) is 0. The summed E-state index contributed by atoms with van der Waals surface area (Å²) in [7, 11) is 0. The molecule has 1 nitrogen and oxygen atoms in total. The molecule has 1 aromatic rings. The lowest BCUT2D eigenvalue weighted by Gasteiger charge is -2.34. The van der Waals surface area contributed by atoms with Crippen molar-refractivity contribution in [2.24, 2.45) is 0 Å². The molecule has 0 spiro atoms. The van der Waals surface area contributed by atoms with E-state index in [9.17, 15) is 0 Å². The molecule has 0 atom stereocenters. The van der Waals surface area contributed by atoms with Crippen molar-refractivity contribution in [3.8, 4) is 0 Å². The van der Waals surface area contributed by atoms with Crippen molar-refractivity contribution in [2.45, 2.75) is 44.6 Å². The summed E-state index contributed by atoms with van der Waals surface area (Å²) in [6.45, 7) is 7.62. The lowest BCUT2D eigenvalue weighted by Crippen LogP contribution is -2.45. The average Bonchev–Trinajstić information content (AvgIpc) is 2.75. The maximum absolute atomic E-state index is 6.13. The Bertz CT molecular complexity index is 435. The minimum Gasteiger partial charge on any atom is -0.311 e. The Morgan fingerprint density at radius 2 is 1.89 bits per heavy atom. The third-order valence-corrected chi connectivity index (χ3v) is 3.81. The highest BCUT2D eigenvalue weighted by Gasteiger charge is 2.33. The molecule has 1 aliphatic carbocycles. The van der Waals surface area contributed by atoms with Gasteiger partial charge in [-0.05, 0) is 51.3 Å². The van der Waals surface area contributed by atoms with Crippen LogP contribution in [0.2, 0.25) is 5.02 Å². The lowest BCUT2D eigenvalue weighted by atomic mass is 9.77. The van der Waals surface area contributed by atoms with E-state index in [2.05, 4.69) is 56.4 Å². The summed E-state index contributed by atoms with van der Waals surface area (Å²) in [6.07, 6.45) is 6.75. The highest BCUT2D eigenvalue weighted by molar-refractivity contribution is 6.30. The first-order valence-corrected chi connectivity index (χ1v) is 6.95. The maximum atomic E-state index is 6.13. The predicted molar refractivity (Wildman–Crippen MR) is 79.3 cm³/mol. The molecule has 0 bridgehead atoms. The third kappa shape index (κ3) is 3.15. The average molecular weight is 264 g/mol. The Labute approximate surface area is 115 Å². The molecule has 0 radical (unpaired) electrons. The van der Waals surface area contributed by atoms with Crippen LogP contribution in [0, 0.1) is 0 Å². The van der Waals surface area contributed by atoms with Crippen LogP contribution in [0.4, 0.5) is 0 Å². The van der Waals surface area contributed by atoms with E-state index in [1.807, 2.05) is 6.07 Å². The zero-order chi connectivity index (χ0) is 13.2. The second-order valence-electron chi connectivity index (χ2n) is 6.27. The van der Waals surface area contributed by atoms with E-state index in [4.69, 9.17) is 11.6 Å². The highest BCUT2D eigenvalue weighted by Crippen LogP contribution is 2.37. The summed E-state index contributed by atoms with van der Waals surface area (Å²) in [6, 6.07) is 8.30.